The molecule has 1 aliphatic rings. The van der Waals surface area contributed by atoms with Crippen LogP contribution in [0, 0.1) is 5.92 Å². The van der Waals surface area contributed by atoms with E-state index in [0.717, 1.165) is 25.9 Å². The molecule has 1 aromatic rings. The Labute approximate surface area is 158 Å². The second-order valence-electron chi connectivity index (χ2n) is 9.11. The maximum absolute atomic E-state index is 11.5. The summed E-state index contributed by atoms with van der Waals surface area (Å²) in [5, 5.41) is 5.09. The van der Waals surface area contributed by atoms with E-state index in [1.165, 1.54) is 12.5 Å². The molecule has 1 saturated heterocycles. The highest BCUT2D eigenvalue weighted by atomic mass is 32.2. The van der Waals surface area contributed by atoms with Gasteiger partial charge in [0.05, 0.1) is 0 Å². The van der Waals surface area contributed by atoms with Crippen molar-refractivity contribution in [1.29, 1.82) is 0 Å². The van der Waals surface area contributed by atoms with Crippen molar-refractivity contribution in [3.63, 3.8) is 0 Å². The smallest absolute Gasteiger partial charge is 0.255 e. The second kappa shape index (κ2) is 7.44. The fourth-order valence-corrected chi connectivity index (χ4v) is 4.76. The van der Waals surface area contributed by atoms with Crippen LogP contribution in [0.2, 0.25) is 0 Å². The van der Waals surface area contributed by atoms with E-state index in [4.69, 9.17) is 5.14 Å². The quantitative estimate of drug-likeness (QED) is 0.818. The zero-order valence-electron chi connectivity index (χ0n) is 17.0. The third-order valence-electron chi connectivity index (χ3n) is 5.27. The summed E-state index contributed by atoms with van der Waals surface area (Å²) in [7, 11) is -1.83. The Morgan fingerprint density at radius 2 is 2.00 bits per heavy atom. The van der Waals surface area contributed by atoms with Crippen LogP contribution in [-0.2, 0) is 10.0 Å². The molecular weight excluding hydrogens is 348 g/mol. The Morgan fingerprint density at radius 1 is 1.35 bits per heavy atom. The second-order valence-corrected chi connectivity index (χ2v) is 10.6. The van der Waals surface area contributed by atoms with Crippen molar-refractivity contribution in [2.45, 2.75) is 70.0 Å². The van der Waals surface area contributed by atoms with E-state index in [9.17, 15) is 8.42 Å². The maximum Gasteiger partial charge on any atom is 0.255 e. The van der Waals surface area contributed by atoms with Crippen LogP contribution in [0.5, 0.6) is 0 Å². The Hall–Kier alpha value is -1.18. The van der Waals surface area contributed by atoms with Gasteiger partial charge < -0.3 is 4.90 Å². The highest BCUT2D eigenvalue weighted by Gasteiger charge is 2.42. The molecule has 0 aliphatic carbocycles. The number of likely N-dealkylation sites (tertiary alicyclic amines) is 1. The lowest BCUT2D eigenvalue weighted by atomic mass is 9.92. The average Bonchev–Trinajstić information content (AvgIpc) is 2.81. The van der Waals surface area contributed by atoms with E-state index in [1.54, 1.807) is 6.07 Å². The van der Waals surface area contributed by atoms with E-state index in [1.807, 2.05) is 18.0 Å². The summed E-state index contributed by atoms with van der Waals surface area (Å²) in [6.07, 6.45) is 3.43. The summed E-state index contributed by atoms with van der Waals surface area (Å²) in [6, 6.07) is 4.92. The lowest BCUT2D eigenvalue weighted by Crippen LogP contribution is -2.50. The van der Waals surface area contributed by atoms with Gasteiger partial charge in [-0.3, -0.25) is 4.90 Å². The van der Waals surface area contributed by atoms with Gasteiger partial charge in [0.25, 0.3) is 10.0 Å². The standard InChI is InChI=1S/C19H34N4O2S/c1-18(2,3)23-14-15(13-19(23,4)5)9-8-12-22(6)16-10-7-11-17(21-16)26(20,24)25/h7,10-11,15H,8-9,12-14H2,1-6H3,(H2,20,24,25). The zero-order valence-corrected chi connectivity index (χ0v) is 17.8. The van der Waals surface area contributed by atoms with Gasteiger partial charge in [-0.15, -0.1) is 0 Å². The van der Waals surface area contributed by atoms with E-state index in [-0.39, 0.29) is 16.1 Å². The van der Waals surface area contributed by atoms with Crippen LogP contribution in [0.25, 0.3) is 0 Å². The van der Waals surface area contributed by atoms with Gasteiger partial charge in [0.15, 0.2) is 5.03 Å². The van der Waals surface area contributed by atoms with Gasteiger partial charge in [-0.25, -0.2) is 18.5 Å². The average molecular weight is 383 g/mol. The molecule has 2 heterocycles. The number of anilines is 1. The molecule has 1 aromatic heterocycles. The van der Waals surface area contributed by atoms with Crippen LogP contribution in [-0.4, -0.2) is 49.5 Å². The molecule has 0 bridgehead atoms. The highest BCUT2D eigenvalue weighted by molar-refractivity contribution is 7.89. The van der Waals surface area contributed by atoms with Crippen molar-refractivity contribution in [2.24, 2.45) is 11.1 Å². The zero-order chi connectivity index (χ0) is 19.8. The number of aromatic nitrogens is 1. The van der Waals surface area contributed by atoms with E-state index in [2.05, 4.69) is 44.5 Å². The largest absolute Gasteiger partial charge is 0.360 e. The number of pyridine rings is 1. The molecule has 0 saturated carbocycles. The van der Waals surface area contributed by atoms with Crippen molar-refractivity contribution < 1.29 is 8.42 Å². The van der Waals surface area contributed by atoms with E-state index >= 15 is 0 Å². The fourth-order valence-electron chi connectivity index (χ4n) is 4.27. The molecule has 7 heteroatoms. The van der Waals surface area contributed by atoms with Gasteiger partial charge >= 0.3 is 0 Å². The third kappa shape index (κ3) is 5.18. The molecule has 26 heavy (non-hydrogen) atoms. The van der Waals surface area contributed by atoms with Crippen molar-refractivity contribution >= 4 is 15.8 Å². The first-order valence-corrected chi connectivity index (χ1v) is 10.8. The minimum atomic E-state index is -3.77. The Bertz CT molecular complexity index is 725. The summed E-state index contributed by atoms with van der Waals surface area (Å²) < 4.78 is 22.9. The summed E-state index contributed by atoms with van der Waals surface area (Å²) >= 11 is 0. The number of hydrogen-bond donors (Lipinski definition) is 1. The number of nitrogens with two attached hydrogens (primary N) is 1. The molecule has 0 amide bonds. The van der Waals surface area contributed by atoms with Crippen LogP contribution in [0.3, 0.4) is 0 Å². The van der Waals surface area contributed by atoms with Gasteiger partial charge in [0.1, 0.15) is 5.82 Å². The van der Waals surface area contributed by atoms with E-state index in [0.29, 0.717) is 11.7 Å². The Kier molecular flexibility index (Phi) is 6.05. The summed E-state index contributed by atoms with van der Waals surface area (Å²) in [6.45, 7) is 13.5. The first-order chi connectivity index (χ1) is 11.8. The normalized spacial score (nSPS) is 21.1. The van der Waals surface area contributed by atoms with Crippen LogP contribution < -0.4 is 10.0 Å². The van der Waals surface area contributed by atoms with Crippen molar-refractivity contribution in [1.82, 2.24) is 9.88 Å². The van der Waals surface area contributed by atoms with Crippen LogP contribution in [0.4, 0.5) is 5.82 Å². The number of primary sulfonamides is 1. The molecule has 2 rings (SSSR count). The van der Waals surface area contributed by atoms with Gasteiger partial charge in [-0.2, -0.15) is 0 Å². The molecule has 0 radical (unpaired) electrons. The van der Waals surface area contributed by atoms with Crippen molar-refractivity contribution in [3.05, 3.63) is 18.2 Å². The number of rotatable bonds is 6. The Morgan fingerprint density at radius 3 is 2.54 bits per heavy atom. The molecule has 6 nitrogen and oxygen atoms in total. The van der Waals surface area contributed by atoms with Gasteiger partial charge in [-0.05, 0) is 71.9 Å². The fraction of sp³-hybridized carbons (Fsp3) is 0.737. The molecule has 0 spiro atoms. The molecule has 1 unspecified atom stereocenters. The molecule has 0 aromatic carbocycles. The molecule has 148 valence electrons. The molecular formula is C19H34N4O2S. The molecule has 1 atom stereocenters. The Balaban J connectivity index is 1.91. The number of nitrogens with zero attached hydrogens (tertiary/aromatic N) is 3. The predicted octanol–water partition coefficient (Wildman–Crippen LogP) is 2.84. The number of sulfonamides is 1. The highest BCUT2D eigenvalue weighted by Crippen LogP contribution is 2.39. The van der Waals surface area contributed by atoms with Crippen molar-refractivity contribution in [2.75, 3.05) is 25.0 Å². The maximum atomic E-state index is 11.5. The molecule has 1 aliphatic heterocycles. The summed E-state index contributed by atoms with van der Waals surface area (Å²) in [5.41, 5.74) is 0.424. The van der Waals surface area contributed by atoms with Crippen molar-refractivity contribution in [3.8, 4) is 0 Å². The summed E-state index contributed by atoms with van der Waals surface area (Å²) in [5.74, 6) is 1.33. The molecule has 1 fully saturated rings. The third-order valence-corrected chi connectivity index (χ3v) is 6.08. The van der Waals surface area contributed by atoms with Gasteiger partial charge in [0.2, 0.25) is 0 Å². The van der Waals surface area contributed by atoms with Crippen LogP contribution >= 0.6 is 0 Å². The van der Waals surface area contributed by atoms with Gasteiger partial charge in [0, 0.05) is 31.2 Å². The first kappa shape index (κ1) is 21.1. The minimum absolute atomic E-state index is 0.0831. The molecule has 2 N–H and O–H groups in total. The van der Waals surface area contributed by atoms with E-state index < -0.39 is 10.0 Å². The van der Waals surface area contributed by atoms with Gasteiger partial charge in [-0.1, -0.05) is 6.07 Å². The lowest BCUT2D eigenvalue weighted by Gasteiger charge is -2.42. The lowest BCUT2D eigenvalue weighted by molar-refractivity contribution is 0.0670. The monoisotopic (exact) mass is 382 g/mol. The van der Waals surface area contributed by atoms with Crippen LogP contribution in [0.15, 0.2) is 23.2 Å². The SMILES string of the molecule is CN(CCCC1CN(C(C)(C)C)C(C)(C)C1)c1cccc(S(N)(=O)=O)n1. The minimum Gasteiger partial charge on any atom is -0.360 e. The number of hydrogen-bond acceptors (Lipinski definition) is 5. The topological polar surface area (TPSA) is 79.5 Å². The summed E-state index contributed by atoms with van der Waals surface area (Å²) in [4.78, 5) is 8.78. The first-order valence-electron chi connectivity index (χ1n) is 9.29. The predicted molar refractivity (Wildman–Crippen MR) is 107 cm³/mol. The van der Waals surface area contributed by atoms with Crippen LogP contribution in [0.1, 0.15) is 53.9 Å².